The summed E-state index contributed by atoms with van der Waals surface area (Å²) in [4.78, 5) is 15.3. The number of nitrogens with zero attached hydrogens (tertiary/aromatic N) is 1. The number of oxazole rings is 1. The predicted molar refractivity (Wildman–Crippen MR) is 70.9 cm³/mol. The lowest BCUT2D eigenvalue weighted by molar-refractivity contribution is -0.139. The molecule has 0 spiro atoms. The molecule has 1 aromatic carbocycles. The SMILES string of the molecule is CCC(CC(C(=O)O)c1ncco1)c1ccc(F)cc1. The Bertz CT molecular complexity index is 551. The summed E-state index contributed by atoms with van der Waals surface area (Å²) in [5, 5.41) is 9.32. The summed E-state index contributed by atoms with van der Waals surface area (Å²) in [6.07, 6.45) is 3.93. The highest BCUT2D eigenvalue weighted by Crippen LogP contribution is 2.31. The molecule has 106 valence electrons. The van der Waals surface area contributed by atoms with Crippen molar-refractivity contribution in [3.8, 4) is 0 Å². The lowest BCUT2D eigenvalue weighted by atomic mass is 9.87. The standard InChI is InChI=1S/C15H16FNO3/c1-2-10(11-3-5-12(16)6-4-11)9-13(15(18)19)14-17-7-8-20-14/h3-8,10,13H,2,9H2,1H3,(H,18,19). The van der Waals surface area contributed by atoms with E-state index in [0.29, 0.717) is 6.42 Å². The molecule has 1 aromatic heterocycles. The van der Waals surface area contributed by atoms with Crippen molar-refractivity contribution in [1.29, 1.82) is 0 Å². The topological polar surface area (TPSA) is 63.3 Å². The van der Waals surface area contributed by atoms with Gasteiger partial charge in [-0.15, -0.1) is 0 Å². The lowest BCUT2D eigenvalue weighted by Gasteiger charge is -2.18. The van der Waals surface area contributed by atoms with Gasteiger partial charge in [0.1, 0.15) is 18.0 Å². The molecule has 0 bridgehead atoms. The van der Waals surface area contributed by atoms with Crippen LogP contribution in [0.4, 0.5) is 4.39 Å². The molecule has 0 amide bonds. The molecule has 1 heterocycles. The van der Waals surface area contributed by atoms with Crippen LogP contribution < -0.4 is 0 Å². The van der Waals surface area contributed by atoms with Gasteiger partial charge in [0.25, 0.3) is 0 Å². The summed E-state index contributed by atoms with van der Waals surface area (Å²) in [7, 11) is 0. The van der Waals surface area contributed by atoms with E-state index in [1.165, 1.54) is 24.6 Å². The number of hydrogen-bond acceptors (Lipinski definition) is 3. The van der Waals surface area contributed by atoms with Gasteiger partial charge in [0, 0.05) is 0 Å². The molecule has 0 radical (unpaired) electrons. The lowest BCUT2D eigenvalue weighted by Crippen LogP contribution is -2.15. The number of halogens is 1. The van der Waals surface area contributed by atoms with E-state index in [0.717, 1.165) is 12.0 Å². The maximum Gasteiger partial charge on any atom is 0.315 e. The molecule has 1 N–H and O–H groups in total. The molecule has 5 heteroatoms. The quantitative estimate of drug-likeness (QED) is 0.876. The molecular formula is C15H16FNO3. The maximum atomic E-state index is 12.9. The van der Waals surface area contributed by atoms with Crippen molar-refractivity contribution in [2.24, 2.45) is 0 Å². The molecule has 0 aliphatic heterocycles. The highest BCUT2D eigenvalue weighted by Gasteiger charge is 2.28. The largest absolute Gasteiger partial charge is 0.481 e. The zero-order valence-corrected chi connectivity index (χ0v) is 11.1. The third kappa shape index (κ3) is 3.23. The van der Waals surface area contributed by atoms with Crippen molar-refractivity contribution in [3.63, 3.8) is 0 Å². The minimum Gasteiger partial charge on any atom is -0.481 e. The van der Waals surface area contributed by atoms with Crippen molar-refractivity contribution in [3.05, 3.63) is 54.0 Å². The van der Waals surface area contributed by atoms with E-state index in [9.17, 15) is 14.3 Å². The van der Waals surface area contributed by atoms with Crippen molar-refractivity contribution < 1.29 is 18.7 Å². The number of carbonyl (C=O) groups is 1. The molecule has 0 fully saturated rings. The van der Waals surface area contributed by atoms with Gasteiger partial charge in [-0.05, 0) is 36.5 Å². The summed E-state index contributed by atoms with van der Waals surface area (Å²) in [6.45, 7) is 1.97. The number of benzene rings is 1. The third-order valence-corrected chi connectivity index (χ3v) is 3.40. The van der Waals surface area contributed by atoms with Crippen LogP contribution >= 0.6 is 0 Å². The van der Waals surface area contributed by atoms with Gasteiger partial charge in [-0.1, -0.05) is 19.1 Å². The zero-order chi connectivity index (χ0) is 14.5. The first-order valence-corrected chi connectivity index (χ1v) is 6.49. The van der Waals surface area contributed by atoms with Gasteiger partial charge < -0.3 is 9.52 Å². The fourth-order valence-electron chi connectivity index (χ4n) is 2.27. The molecule has 2 unspecified atom stereocenters. The fraction of sp³-hybridized carbons (Fsp3) is 0.333. The van der Waals surface area contributed by atoms with Gasteiger partial charge in [0.2, 0.25) is 5.89 Å². The Labute approximate surface area is 116 Å². The zero-order valence-electron chi connectivity index (χ0n) is 11.1. The van der Waals surface area contributed by atoms with Crippen molar-refractivity contribution in [2.75, 3.05) is 0 Å². The summed E-state index contributed by atoms with van der Waals surface area (Å²) in [6, 6.07) is 6.16. The highest BCUT2D eigenvalue weighted by molar-refractivity contribution is 5.74. The molecule has 4 nitrogen and oxygen atoms in total. The second-order valence-electron chi connectivity index (χ2n) is 4.65. The van der Waals surface area contributed by atoms with Crippen LogP contribution in [-0.2, 0) is 4.79 Å². The first-order chi connectivity index (χ1) is 9.61. The van der Waals surface area contributed by atoms with Crippen LogP contribution in [0, 0.1) is 5.82 Å². The predicted octanol–water partition coefficient (Wildman–Crippen LogP) is 3.57. The highest BCUT2D eigenvalue weighted by atomic mass is 19.1. The molecule has 0 saturated carbocycles. The summed E-state index contributed by atoms with van der Waals surface area (Å²) in [5.74, 6) is -1.83. The Morgan fingerprint density at radius 3 is 2.60 bits per heavy atom. The summed E-state index contributed by atoms with van der Waals surface area (Å²) < 4.78 is 18.1. The van der Waals surface area contributed by atoms with Crippen LogP contribution in [0.15, 0.2) is 41.1 Å². The second kappa shape index (κ2) is 6.32. The van der Waals surface area contributed by atoms with Gasteiger partial charge in [-0.2, -0.15) is 0 Å². The van der Waals surface area contributed by atoms with E-state index in [2.05, 4.69) is 4.98 Å². The van der Waals surface area contributed by atoms with Crippen LogP contribution in [0.2, 0.25) is 0 Å². The number of hydrogen-bond donors (Lipinski definition) is 1. The summed E-state index contributed by atoms with van der Waals surface area (Å²) in [5.41, 5.74) is 0.923. The van der Waals surface area contributed by atoms with Gasteiger partial charge in [-0.3, -0.25) is 4.79 Å². The minimum atomic E-state index is -0.965. The average molecular weight is 277 g/mol. The van der Waals surface area contributed by atoms with E-state index in [-0.39, 0.29) is 17.6 Å². The monoisotopic (exact) mass is 277 g/mol. The van der Waals surface area contributed by atoms with Crippen LogP contribution in [0.25, 0.3) is 0 Å². The van der Waals surface area contributed by atoms with Gasteiger partial charge >= 0.3 is 5.97 Å². The van der Waals surface area contributed by atoms with Crippen LogP contribution in [0.1, 0.15) is 43.1 Å². The fourth-order valence-corrected chi connectivity index (χ4v) is 2.27. The van der Waals surface area contributed by atoms with Crippen molar-refractivity contribution in [1.82, 2.24) is 4.98 Å². The Balaban J connectivity index is 2.19. The molecule has 0 saturated heterocycles. The van der Waals surface area contributed by atoms with E-state index in [1.54, 1.807) is 12.1 Å². The Morgan fingerprint density at radius 2 is 2.10 bits per heavy atom. The number of rotatable bonds is 6. The van der Waals surface area contributed by atoms with E-state index in [1.807, 2.05) is 6.92 Å². The van der Waals surface area contributed by atoms with Crippen molar-refractivity contribution >= 4 is 5.97 Å². The normalized spacial score (nSPS) is 13.9. The van der Waals surface area contributed by atoms with Crippen LogP contribution in [-0.4, -0.2) is 16.1 Å². The number of carboxylic acid groups (broad SMARTS) is 1. The van der Waals surface area contributed by atoms with Crippen LogP contribution in [0.5, 0.6) is 0 Å². The molecule has 2 aromatic rings. The molecular weight excluding hydrogens is 261 g/mol. The average Bonchev–Trinajstić information content (AvgIpc) is 2.95. The van der Waals surface area contributed by atoms with E-state index in [4.69, 9.17) is 4.42 Å². The van der Waals surface area contributed by atoms with Gasteiger partial charge in [-0.25, -0.2) is 9.37 Å². The number of carboxylic acids is 1. The Kier molecular flexibility index (Phi) is 4.50. The van der Waals surface area contributed by atoms with Crippen LogP contribution in [0.3, 0.4) is 0 Å². The van der Waals surface area contributed by atoms with Gasteiger partial charge in [0.15, 0.2) is 0 Å². The molecule has 0 aliphatic carbocycles. The van der Waals surface area contributed by atoms with E-state index < -0.39 is 11.9 Å². The molecule has 20 heavy (non-hydrogen) atoms. The smallest absolute Gasteiger partial charge is 0.315 e. The van der Waals surface area contributed by atoms with Gasteiger partial charge in [0.05, 0.1) is 6.20 Å². The van der Waals surface area contributed by atoms with E-state index >= 15 is 0 Å². The first kappa shape index (κ1) is 14.2. The Morgan fingerprint density at radius 1 is 1.40 bits per heavy atom. The number of aliphatic carboxylic acids is 1. The second-order valence-corrected chi connectivity index (χ2v) is 4.65. The third-order valence-electron chi connectivity index (χ3n) is 3.40. The number of aromatic nitrogens is 1. The first-order valence-electron chi connectivity index (χ1n) is 6.49. The molecule has 0 aliphatic rings. The Hall–Kier alpha value is -2.17. The summed E-state index contributed by atoms with van der Waals surface area (Å²) >= 11 is 0. The molecule has 2 rings (SSSR count). The molecule has 2 atom stereocenters. The maximum absolute atomic E-state index is 12.9. The minimum absolute atomic E-state index is 0.0172. The van der Waals surface area contributed by atoms with Crippen molar-refractivity contribution in [2.45, 2.75) is 31.6 Å².